The van der Waals surface area contributed by atoms with Crippen molar-refractivity contribution in [1.82, 2.24) is 0 Å². The first-order valence-electron chi connectivity index (χ1n) is 7.30. The Labute approximate surface area is 103 Å². The monoisotopic (exact) mass is 227 g/mol. The maximum absolute atomic E-state index is 5.62. The van der Waals surface area contributed by atoms with Gasteiger partial charge in [-0.25, -0.2) is 0 Å². The third-order valence-corrected chi connectivity index (χ3v) is 3.89. The summed E-state index contributed by atoms with van der Waals surface area (Å²) >= 11 is 0. The van der Waals surface area contributed by atoms with Crippen molar-refractivity contribution in [2.45, 2.75) is 72.6 Å². The SMILES string of the molecule is CCC(C)CCCC(C)CCCC(C)CN. The average molecular weight is 227 g/mol. The van der Waals surface area contributed by atoms with Gasteiger partial charge in [-0.1, -0.05) is 66.2 Å². The van der Waals surface area contributed by atoms with Crippen LogP contribution in [0.3, 0.4) is 0 Å². The Morgan fingerprint density at radius 2 is 1.19 bits per heavy atom. The van der Waals surface area contributed by atoms with E-state index in [4.69, 9.17) is 5.73 Å². The quantitative estimate of drug-likeness (QED) is 0.580. The fraction of sp³-hybridized carbons (Fsp3) is 1.00. The van der Waals surface area contributed by atoms with Crippen LogP contribution in [0.5, 0.6) is 0 Å². The summed E-state index contributed by atoms with van der Waals surface area (Å²) < 4.78 is 0. The van der Waals surface area contributed by atoms with E-state index in [0.29, 0.717) is 5.92 Å². The van der Waals surface area contributed by atoms with Crippen molar-refractivity contribution in [2.24, 2.45) is 23.5 Å². The van der Waals surface area contributed by atoms with E-state index >= 15 is 0 Å². The molecule has 0 aromatic heterocycles. The van der Waals surface area contributed by atoms with Crippen molar-refractivity contribution >= 4 is 0 Å². The highest BCUT2D eigenvalue weighted by molar-refractivity contribution is 4.59. The van der Waals surface area contributed by atoms with E-state index in [9.17, 15) is 0 Å². The Balaban J connectivity index is 3.34. The maximum Gasteiger partial charge on any atom is -0.00515 e. The van der Waals surface area contributed by atoms with Crippen molar-refractivity contribution in [3.63, 3.8) is 0 Å². The Kier molecular flexibility index (Phi) is 10.1. The van der Waals surface area contributed by atoms with Crippen LogP contribution < -0.4 is 5.73 Å². The number of hydrogen-bond acceptors (Lipinski definition) is 1. The van der Waals surface area contributed by atoms with Crippen molar-refractivity contribution in [1.29, 1.82) is 0 Å². The van der Waals surface area contributed by atoms with Crippen LogP contribution in [-0.4, -0.2) is 6.54 Å². The zero-order chi connectivity index (χ0) is 12.4. The fourth-order valence-corrected chi connectivity index (χ4v) is 2.10. The molecular formula is C15H33N. The molecule has 0 spiro atoms. The molecule has 0 saturated carbocycles. The molecule has 0 fully saturated rings. The highest BCUT2D eigenvalue weighted by Gasteiger charge is 2.05. The highest BCUT2D eigenvalue weighted by atomic mass is 14.5. The van der Waals surface area contributed by atoms with E-state index in [1.54, 1.807) is 0 Å². The lowest BCUT2D eigenvalue weighted by molar-refractivity contribution is 0.393. The zero-order valence-electron chi connectivity index (χ0n) is 12.0. The molecule has 0 saturated heterocycles. The summed E-state index contributed by atoms with van der Waals surface area (Å²) in [4.78, 5) is 0. The summed E-state index contributed by atoms with van der Waals surface area (Å²) in [6.07, 6.45) is 9.66. The normalized spacial score (nSPS) is 17.1. The molecule has 0 aromatic rings. The van der Waals surface area contributed by atoms with Crippen molar-refractivity contribution in [3.05, 3.63) is 0 Å². The molecule has 1 heteroatoms. The third-order valence-electron chi connectivity index (χ3n) is 3.89. The van der Waals surface area contributed by atoms with Gasteiger partial charge in [0.25, 0.3) is 0 Å². The molecule has 1 nitrogen and oxygen atoms in total. The van der Waals surface area contributed by atoms with Crippen LogP contribution >= 0.6 is 0 Å². The first kappa shape index (κ1) is 16.0. The molecule has 98 valence electrons. The van der Waals surface area contributed by atoms with Gasteiger partial charge in [-0.2, -0.15) is 0 Å². The minimum Gasteiger partial charge on any atom is -0.330 e. The molecule has 0 aromatic carbocycles. The smallest absolute Gasteiger partial charge is 0.00515 e. The molecule has 3 atom stereocenters. The lowest BCUT2D eigenvalue weighted by atomic mass is 9.92. The van der Waals surface area contributed by atoms with E-state index < -0.39 is 0 Å². The van der Waals surface area contributed by atoms with Crippen LogP contribution in [0.4, 0.5) is 0 Å². The molecule has 0 amide bonds. The lowest BCUT2D eigenvalue weighted by Gasteiger charge is -2.14. The van der Waals surface area contributed by atoms with Crippen LogP contribution in [0, 0.1) is 17.8 Å². The number of hydrogen-bond donors (Lipinski definition) is 1. The topological polar surface area (TPSA) is 26.0 Å². The largest absolute Gasteiger partial charge is 0.330 e. The van der Waals surface area contributed by atoms with E-state index in [-0.39, 0.29) is 0 Å². The Hall–Kier alpha value is -0.0400. The molecule has 0 aliphatic carbocycles. The second-order valence-electron chi connectivity index (χ2n) is 5.82. The predicted octanol–water partition coefficient (Wildman–Crippen LogP) is 4.60. The second kappa shape index (κ2) is 10.1. The van der Waals surface area contributed by atoms with Gasteiger partial charge in [-0.05, 0) is 30.7 Å². The molecule has 0 aliphatic rings. The molecule has 3 unspecified atom stereocenters. The van der Waals surface area contributed by atoms with Crippen molar-refractivity contribution < 1.29 is 0 Å². The Morgan fingerprint density at radius 1 is 0.750 bits per heavy atom. The van der Waals surface area contributed by atoms with Crippen LogP contribution in [0.25, 0.3) is 0 Å². The number of nitrogens with two attached hydrogens (primary N) is 1. The summed E-state index contributed by atoms with van der Waals surface area (Å²) in [5, 5.41) is 0. The van der Waals surface area contributed by atoms with Gasteiger partial charge in [0.1, 0.15) is 0 Å². The zero-order valence-corrected chi connectivity index (χ0v) is 12.0. The van der Waals surface area contributed by atoms with Crippen molar-refractivity contribution in [3.8, 4) is 0 Å². The highest BCUT2D eigenvalue weighted by Crippen LogP contribution is 2.19. The predicted molar refractivity (Wildman–Crippen MR) is 74.5 cm³/mol. The van der Waals surface area contributed by atoms with Gasteiger partial charge >= 0.3 is 0 Å². The molecule has 0 bridgehead atoms. The summed E-state index contributed by atoms with van der Waals surface area (Å²) in [6.45, 7) is 10.2. The van der Waals surface area contributed by atoms with E-state index in [1.165, 1.54) is 44.9 Å². The molecular weight excluding hydrogens is 194 g/mol. The minimum absolute atomic E-state index is 0.715. The summed E-state index contributed by atoms with van der Waals surface area (Å²) in [7, 11) is 0. The van der Waals surface area contributed by atoms with Crippen LogP contribution in [0.1, 0.15) is 72.6 Å². The van der Waals surface area contributed by atoms with Gasteiger partial charge < -0.3 is 5.73 Å². The van der Waals surface area contributed by atoms with Gasteiger partial charge in [-0.15, -0.1) is 0 Å². The molecule has 0 aliphatic heterocycles. The Bertz CT molecular complexity index is 128. The maximum atomic E-state index is 5.62. The van der Waals surface area contributed by atoms with Crippen LogP contribution in [-0.2, 0) is 0 Å². The first-order chi connectivity index (χ1) is 7.60. The van der Waals surface area contributed by atoms with Gasteiger partial charge in [0, 0.05) is 0 Å². The van der Waals surface area contributed by atoms with Gasteiger partial charge in [0.2, 0.25) is 0 Å². The standard InChI is InChI=1S/C15H33N/c1-5-13(2)8-6-9-14(3)10-7-11-15(4)12-16/h13-15H,5-12,16H2,1-4H3. The molecule has 0 radical (unpaired) electrons. The molecule has 16 heavy (non-hydrogen) atoms. The average Bonchev–Trinajstić information content (AvgIpc) is 2.28. The van der Waals surface area contributed by atoms with Crippen LogP contribution in [0.15, 0.2) is 0 Å². The molecule has 2 N–H and O–H groups in total. The van der Waals surface area contributed by atoms with E-state index in [0.717, 1.165) is 18.4 Å². The minimum atomic E-state index is 0.715. The summed E-state index contributed by atoms with van der Waals surface area (Å²) in [5.74, 6) is 2.55. The summed E-state index contributed by atoms with van der Waals surface area (Å²) in [5.41, 5.74) is 5.62. The lowest BCUT2D eigenvalue weighted by Crippen LogP contribution is -2.10. The van der Waals surface area contributed by atoms with Gasteiger partial charge in [0.15, 0.2) is 0 Å². The van der Waals surface area contributed by atoms with Crippen molar-refractivity contribution in [2.75, 3.05) is 6.54 Å². The van der Waals surface area contributed by atoms with E-state index in [2.05, 4.69) is 27.7 Å². The summed E-state index contributed by atoms with van der Waals surface area (Å²) in [6, 6.07) is 0. The van der Waals surface area contributed by atoms with Crippen LogP contribution in [0.2, 0.25) is 0 Å². The second-order valence-corrected chi connectivity index (χ2v) is 5.82. The Morgan fingerprint density at radius 3 is 1.62 bits per heavy atom. The third kappa shape index (κ3) is 9.21. The fourth-order valence-electron chi connectivity index (χ4n) is 2.10. The van der Waals surface area contributed by atoms with Gasteiger partial charge in [0.05, 0.1) is 0 Å². The first-order valence-corrected chi connectivity index (χ1v) is 7.30. The number of rotatable bonds is 10. The van der Waals surface area contributed by atoms with E-state index in [1.807, 2.05) is 0 Å². The van der Waals surface area contributed by atoms with Gasteiger partial charge in [-0.3, -0.25) is 0 Å². The molecule has 0 heterocycles. The molecule has 0 rings (SSSR count).